The summed E-state index contributed by atoms with van der Waals surface area (Å²) in [6.07, 6.45) is 4.30. The molecule has 56 heavy (non-hydrogen) atoms. The second-order valence-electron chi connectivity index (χ2n) is 15.1. The number of aromatic nitrogens is 2. The van der Waals surface area contributed by atoms with Crippen LogP contribution < -0.4 is 18.9 Å². The lowest BCUT2D eigenvalue weighted by Gasteiger charge is -2.23. The van der Waals surface area contributed by atoms with Gasteiger partial charge >= 0.3 is 0 Å². The first kappa shape index (κ1) is 40.9. The number of fused-ring (bicyclic) bond motifs is 2. The number of hydrogen-bond donors (Lipinski definition) is 0. The molecule has 0 amide bonds. The van der Waals surface area contributed by atoms with E-state index in [1.165, 1.54) is 66.9 Å². The fourth-order valence-corrected chi connectivity index (χ4v) is 9.82. The van der Waals surface area contributed by atoms with Gasteiger partial charge in [-0.25, -0.2) is 0 Å². The minimum Gasteiger partial charge on any atom is -0.377 e. The van der Waals surface area contributed by atoms with Crippen molar-refractivity contribution in [3.05, 3.63) is 118 Å². The molecule has 0 bridgehead atoms. The van der Waals surface area contributed by atoms with Gasteiger partial charge in [0, 0.05) is 63.8 Å². The Kier molecular flexibility index (Phi) is 12.8. The number of anilines is 2. The lowest BCUT2D eigenvalue weighted by molar-refractivity contribution is -0.666. The van der Waals surface area contributed by atoms with Crippen LogP contribution in [0.3, 0.4) is 0 Å². The van der Waals surface area contributed by atoms with Gasteiger partial charge in [-0.2, -0.15) is 9.13 Å². The third-order valence-corrected chi connectivity index (χ3v) is 13.6. The second kappa shape index (κ2) is 17.6. The largest absolute Gasteiger partial charge is 0.377 e. The van der Waals surface area contributed by atoms with Gasteiger partial charge in [-0.05, 0) is 112 Å². The molecule has 0 aliphatic rings. The SMILES string of the molecule is Cc1c(C)c(N(C)C)c(C)c(C)c1N=Nc1cc[n+](CCSSCC[n+]2ccc(N=Nc3c(C)c(C)c(N(C)C)c(C)c3C)c3ccccc32)c2ccccc12. The summed E-state index contributed by atoms with van der Waals surface area (Å²) in [5.74, 6) is 1.99. The summed E-state index contributed by atoms with van der Waals surface area (Å²) < 4.78 is 4.66. The molecule has 8 nitrogen and oxygen atoms in total. The summed E-state index contributed by atoms with van der Waals surface area (Å²) in [7, 11) is 12.2. The topological polar surface area (TPSA) is 63.7 Å². The van der Waals surface area contributed by atoms with Crippen LogP contribution >= 0.6 is 21.6 Å². The number of aryl methyl sites for hydroxylation is 2. The van der Waals surface area contributed by atoms with Crippen LogP contribution in [0.1, 0.15) is 44.5 Å². The van der Waals surface area contributed by atoms with E-state index in [1.807, 2.05) is 21.6 Å². The minimum atomic E-state index is 0.885. The van der Waals surface area contributed by atoms with E-state index in [0.29, 0.717) is 0 Å². The molecule has 0 radical (unpaired) electrons. The van der Waals surface area contributed by atoms with E-state index in [1.54, 1.807) is 0 Å². The van der Waals surface area contributed by atoms with Crippen LogP contribution in [-0.4, -0.2) is 39.7 Å². The molecule has 290 valence electrons. The Morgan fingerprint density at radius 1 is 0.446 bits per heavy atom. The van der Waals surface area contributed by atoms with Crippen molar-refractivity contribution in [2.45, 2.75) is 68.5 Å². The number of para-hydroxylation sites is 2. The summed E-state index contributed by atoms with van der Waals surface area (Å²) in [4.78, 5) is 4.38. The summed E-state index contributed by atoms with van der Waals surface area (Å²) in [5.41, 5.74) is 18.2. The number of azo groups is 2. The molecule has 2 heterocycles. The molecule has 6 aromatic rings. The summed E-state index contributed by atoms with van der Waals surface area (Å²) in [6.45, 7) is 19.1. The summed E-state index contributed by atoms with van der Waals surface area (Å²) >= 11 is 0. The third kappa shape index (κ3) is 8.18. The maximum absolute atomic E-state index is 4.84. The van der Waals surface area contributed by atoms with Crippen LogP contribution in [0.15, 0.2) is 93.5 Å². The molecule has 0 fully saturated rings. The number of rotatable bonds is 13. The Bertz CT molecular complexity index is 2250. The Labute approximate surface area is 341 Å². The van der Waals surface area contributed by atoms with Gasteiger partial charge in [0.05, 0.1) is 33.7 Å². The smallest absolute Gasteiger partial charge is 0.214 e. The highest BCUT2D eigenvalue weighted by Crippen LogP contribution is 2.40. The number of nitrogens with zero attached hydrogens (tertiary/aromatic N) is 8. The van der Waals surface area contributed by atoms with Crippen LogP contribution in [0, 0.1) is 55.4 Å². The first-order chi connectivity index (χ1) is 26.8. The lowest BCUT2D eigenvalue weighted by atomic mass is 9.95. The van der Waals surface area contributed by atoms with Crippen molar-refractivity contribution in [2.75, 3.05) is 49.5 Å². The first-order valence-electron chi connectivity index (χ1n) is 19.3. The van der Waals surface area contributed by atoms with Crippen LogP contribution in [0.25, 0.3) is 21.8 Å². The quantitative estimate of drug-likeness (QED) is 0.0506. The van der Waals surface area contributed by atoms with Crippen LogP contribution in [0.5, 0.6) is 0 Å². The van der Waals surface area contributed by atoms with Crippen molar-refractivity contribution in [3.63, 3.8) is 0 Å². The third-order valence-electron chi connectivity index (χ3n) is 11.2. The van der Waals surface area contributed by atoms with Gasteiger partial charge in [0.15, 0.2) is 25.5 Å². The monoisotopic (exact) mass is 784 g/mol. The Hall–Kier alpha value is -4.80. The number of hydrogen-bond acceptors (Lipinski definition) is 8. The van der Waals surface area contributed by atoms with Gasteiger partial charge in [-0.1, -0.05) is 45.9 Å². The first-order valence-corrected chi connectivity index (χ1v) is 21.8. The van der Waals surface area contributed by atoms with E-state index < -0.39 is 0 Å². The van der Waals surface area contributed by atoms with Crippen LogP contribution in [-0.2, 0) is 13.1 Å². The number of pyridine rings is 2. The molecule has 0 N–H and O–H groups in total. The van der Waals surface area contributed by atoms with Crippen molar-refractivity contribution in [3.8, 4) is 0 Å². The average molecular weight is 785 g/mol. The molecular formula is C46H56N8S2+2. The maximum Gasteiger partial charge on any atom is 0.214 e. The highest BCUT2D eigenvalue weighted by molar-refractivity contribution is 8.76. The molecule has 0 aliphatic heterocycles. The molecule has 0 aliphatic carbocycles. The van der Waals surface area contributed by atoms with Gasteiger partial charge < -0.3 is 9.80 Å². The molecule has 4 aromatic carbocycles. The average Bonchev–Trinajstić information content (AvgIpc) is 3.18. The normalized spacial score (nSPS) is 11.9. The van der Waals surface area contributed by atoms with E-state index in [-0.39, 0.29) is 0 Å². The zero-order chi connectivity index (χ0) is 40.3. The summed E-state index contributed by atoms with van der Waals surface area (Å²) in [6, 6.07) is 21.2. The molecule has 0 unspecified atom stereocenters. The minimum absolute atomic E-state index is 0.885. The predicted octanol–water partition coefficient (Wildman–Crippen LogP) is 12.1. The molecule has 6 rings (SSSR count). The zero-order valence-electron chi connectivity index (χ0n) is 35.2. The Morgan fingerprint density at radius 3 is 1.12 bits per heavy atom. The van der Waals surface area contributed by atoms with Gasteiger partial charge in [-0.15, -0.1) is 20.5 Å². The second-order valence-corrected chi connectivity index (χ2v) is 17.8. The van der Waals surface area contributed by atoms with E-state index >= 15 is 0 Å². The van der Waals surface area contributed by atoms with Gasteiger partial charge in [0.1, 0.15) is 11.4 Å². The van der Waals surface area contributed by atoms with Gasteiger partial charge in [0.2, 0.25) is 11.0 Å². The molecule has 10 heteroatoms. The van der Waals surface area contributed by atoms with E-state index in [4.69, 9.17) is 20.5 Å². The molecule has 0 saturated heterocycles. The maximum atomic E-state index is 4.84. The summed E-state index contributed by atoms with van der Waals surface area (Å²) in [5, 5.41) is 21.5. The number of benzene rings is 4. The van der Waals surface area contributed by atoms with Crippen LogP contribution in [0.4, 0.5) is 34.1 Å². The molecule has 0 spiro atoms. The molecular weight excluding hydrogens is 729 g/mol. The standard InChI is InChI=1S/C46H56N8S2/c1-29-33(5)45(51(9)10)34(6)30(2)43(29)49-47-39-21-23-53(41-19-15-13-17-37(39)41)25-27-55-56-28-26-54-24-22-40(38-18-14-16-20-42(38)54)48-50-44-31(3)35(7)46(52(11)12)36(8)32(44)4/h13-24H,25-28H2,1-12H3/q+2. The fourth-order valence-electron chi connectivity index (χ4n) is 7.89. The Balaban J connectivity index is 1.10. The highest BCUT2D eigenvalue weighted by Gasteiger charge is 2.19. The zero-order valence-corrected chi connectivity index (χ0v) is 36.8. The van der Waals surface area contributed by atoms with E-state index in [9.17, 15) is 0 Å². The molecule has 0 atom stereocenters. The van der Waals surface area contributed by atoms with Crippen LogP contribution in [0.2, 0.25) is 0 Å². The predicted molar refractivity (Wildman–Crippen MR) is 241 cm³/mol. The van der Waals surface area contributed by atoms with Crippen molar-refractivity contribution in [1.29, 1.82) is 0 Å². The fraction of sp³-hybridized carbons (Fsp3) is 0.348. The van der Waals surface area contributed by atoms with E-state index in [2.05, 4.69) is 176 Å². The molecule has 0 saturated carbocycles. The molecule has 2 aromatic heterocycles. The van der Waals surface area contributed by atoms with Gasteiger partial charge in [0.25, 0.3) is 0 Å². The Morgan fingerprint density at radius 2 is 0.786 bits per heavy atom. The van der Waals surface area contributed by atoms with Crippen molar-refractivity contribution < 1.29 is 9.13 Å². The van der Waals surface area contributed by atoms with Crippen molar-refractivity contribution in [1.82, 2.24) is 0 Å². The van der Waals surface area contributed by atoms with Gasteiger partial charge in [-0.3, -0.25) is 0 Å². The highest BCUT2D eigenvalue weighted by atomic mass is 33.1. The van der Waals surface area contributed by atoms with Crippen molar-refractivity contribution in [2.24, 2.45) is 20.5 Å². The van der Waals surface area contributed by atoms with Crippen molar-refractivity contribution >= 4 is 77.5 Å². The van der Waals surface area contributed by atoms with E-state index in [0.717, 1.165) is 58.1 Å². The lowest BCUT2D eigenvalue weighted by Crippen LogP contribution is -2.35.